The van der Waals surface area contributed by atoms with E-state index in [0.29, 0.717) is 28.5 Å². The maximum absolute atomic E-state index is 13.4. The first-order chi connectivity index (χ1) is 8.45. The smallest absolute Gasteiger partial charge is 0.336 e. The molecule has 0 fully saturated rings. The second-order valence-electron chi connectivity index (χ2n) is 4.34. The molecule has 18 heavy (non-hydrogen) atoms. The second-order valence-corrected chi connectivity index (χ2v) is 4.34. The summed E-state index contributed by atoms with van der Waals surface area (Å²) in [5.74, 6) is -1.48. The van der Waals surface area contributed by atoms with E-state index in [4.69, 9.17) is 0 Å². The summed E-state index contributed by atoms with van der Waals surface area (Å²) in [6.07, 6.45) is 0.652. The van der Waals surface area contributed by atoms with Crippen molar-refractivity contribution in [1.82, 2.24) is 4.98 Å². The zero-order valence-electron chi connectivity index (χ0n) is 10.5. The van der Waals surface area contributed by atoms with Gasteiger partial charge in [-0.1, -0.05) is 6.92 Å². The molecule has 0 radical (unpaired) electrons. The minimum Gasteiger partial charge on any atom is -0.478 e. The van der Waals surface area contributed by atoms with Crippen molar-refractivity contribution < 1.29 is 14.3 Å². The molecule has 1 aromatic heterocycles. The molecule has 0 saturated heterocycles. The number of carboxylic acids is 1. The van der Waals surface area contributed by atoms with Crippen molar-refractivity contribution in [2.75, 3.05) is 0 Å². The van der Waals surface area contributed by atoms with Gasteiger partial charge in [-0.15, -0.1) is 0 Å². The molecule has 3 nitrogen and oxygen atoms in total. The molecule has 0 spiro atoms. The van der Waals surface area contributed by atoms with Crippen molar-refractivity contribution in [2.24, 2.45) is 0 Å². The maximum atomic E-state index is 13.4. The predicted molar refractivity (Wildman–Crippen MR) is 67.5 cm³/mol. The van der Waals surface area contributed by atoms with Gasteiger partial charge in [-0.2, -0.15) is 0 Å². The molecule has 0 unspecified atom stereocenters. The molecular weight excluding hydrogens is 233 g/mol. The summed E-state index contributed by atoms with van der Waals surface area (Å²) in [7, 11) is 0. The number of rotatable bonds is 2. The topological polar surface area (TPSA) is 50.2 Å². The standard InChI is InChI=1S/C14H14FNO2/c1-4-11-8(3)12(14(17)18)10-6-9(15)5-7(2)13(10)16-11/h5-6H,4H2,1-3H3,(H,17,18). The number of fused-ring (bicyclic) bond motifs is 1. The molecular formula is C14H14FNO2. The summed E-state index contributed by atoms with van der Waals surface area (Å²) >= 11 is 0. The Morgan fingerprint density at radius 2 is 2.06 bits per heavy atom. The first-order valence-corrected chi connectivity index (χ1v) is 5.78. The summed E-state index contributed by atoms with van der Waals surface area (Å²) in [6, 6.07) is 2.61. The highest BCUT2D eigenvalue weighted by molar-refractivity contribution is 6.04. The zero-order valence-corrected chi connectivity index (χ0v) is 10.5. The van der Waals surface area contributed by atoms with Crippen molar-refractivity contribution in [2.45, 2.75) is 27.2 Å². The Kier molecular flexibility index (Phi) is 3.03. The fraction of sp³-hybridized carbons (Fsp3) is 0.286. The number of carbonyl (C=O) groups is 1. The van der Waals surface area contributed by atoms with Crippen LogP contribution in [0.2, 0.25) is 0 Å². The fourth-order valence-electron chi connectivity index (χ4n) is 2.26. The average Bonchev–Trinajstić information content (AvgIpc) is 2.27. The average molecular weight is 247 g/mol. The zero-order chi connectivity index (χ0) is 13.4. The van der Waals surface area contributed by atoms with Crippen LogP contribution < -0.4 is 0 Å². The van der Waals surface area contributed by atoms with Gasteiger partial charge in [0, 0.05) is 11.1 Å². The van der Waals surface area contributed by atoms with E-state index in [1.54, 1.807) is 13.8 Å². The number of hydrogen-bond donors (Lipinski definition) is 1. The van der Waals surface area contributed by atoms with Crippen LogP contribution >= 0.6 is 0 Å². The van der Waals surface area contributed by atoms with Crippen LogP contribution in [-0.2, 0) is 6.42 Å². The summed E-state index contributed by atoms with van der Waals surface area (Å²) in [4.78, 5) is 15.8. The van der Waals surface area contributed by atoms with E-state index >= 15 is 0 Å². The Balaban J connectivity index is 3.00. The molecule has 0 aliphatic heterocycles. The van der Waals surface area contributed by atoms with Crippen LogP contribution in [0.4, 0.5) is 4.39 Å². The fourth-order valence-corrected chi connectivity index (χ4v) is 2.26. The number of aromatic carboxylic acids is 1. The lowest BCUT2D eigenvalue weighted by Crippen LogP contribution is -2.07. The number of halogens is 1. The quantitative estimate of drug-likeness (QED) is 0.886. The molecule has 0 bridgehead atoms. The van der Waals surface area contributed by atoms with Crippen LogP contribution in [-0.4, -0.2) is 16.1 Å². The van der Waals surface area contributed by atoms with Crippen molar-refractivity contribution >= 4 is 16.9 Å². The SMILES string of the molecule is CCc1nc2c(C)cc(F)cc2c(C(=O)O)c1C. The third-order valence-corrected chi connectivity index (χ3v) is 3.14. The van der Waals surface area contributed by atoms with Crippen LogP contribution in [0.15, 0.2) is 12.1 Å². The number of benzene rings is 1. The maximum Gasteiger partial charge on any atom is 0.336 e. The van der Waals surface area contributed by atoms with E-state index in [0.717, 1.165) is 5.69 Å². The van der Waals surface area contributed by atoms with Gasteiger partial charge in [-0.05, 0) is 43.5 Å². The Morgan fingerprint density at radius 3 is 2.61 bits per heavy atom. The Hall–Kier alpha value is -1.97. The molecule has 0 aliphatic rings. The minimum absolute atomic E-state index is 0.152. The summed E-state index contributed by atoms with van der Waals surface area (Å²) in [5.41, 5.74) is 2.73. The highest BCUT2D eigenvalue weighted by atomic mass is 19.1. The van der Waals surface area contributed by atoms with E-state index < -0.39 is 11.8 Å². The highest BCUT2D eigenvalue weighted by Gasteiger charge is 2.18. The molecule has 1 heterocycles. The molecule has 2 rings (SSSR count). The van der Waals surface area contributed by atoms with E-state index in [-0.39, 0.29) is 5.56 Å². The monoisotopic (exact) mass is 247 g/mol. The summed E-state index contributed by atoms with van der Waals surface area (Å²) < 4.78 is 13.4. The molecule has 1 aromatic carbocycles. The van der Waals surface area contributed by atoms with Crippen LogP contribution in [0.5, 0.6) is 0 Å². The molecule has 1 N–H and O–H groups in total. The van der Waals surface area contributed by atoms with Crippen LogP contribution in [0.3, 0.4) is 0 Å². The number of pyridine rings is 1. The van der Waals surface area contributed by atoms with E-state index in [1.807, 2.05) is 6.92 Å². The molecule has 0 atom stereocenters. The normalized spacial score (nSPS) is 10.9. The number of aromatic nitrogens is 1. The molecule has 2 aromatic rings. The molecule has 0 saturated carbocycles. The Morgan fingerprint density at radius 1 is 1.39 bits per heavy atom. The third kappa shape index (κ3) is 1.83. The Bertz CT molecular complexity index is 650. The van der Waals surface area contributed by atoms with Gasteiger partial charge in [-0.3, -0.25) is 4.98 Å². The van der Waals surface area contributed by atoms with Crippen molar-refractivity contribution in [3.05, 3.63) is 40.3 Å². The van der Waals surface area contributed by atoms with Gasteiger partial charge < -0.3 is 5.11 Å². The van der Waals surface area contributed by atoms with Gasteiger partial charge in [0.1, 0.15) is 5.82 Å². The summed E-state index contributed by atoms with van der Waals surface area (Å²) in [5, 5.41) is 9.69. The highest BCUT2D eigenvalue weighted by Crippen LogP contribution is 2.26. The van der Waals surface area contributed by atoms with E-state index in [2.05, 4.69) is 4.98 Å². The molecule has 4 heteroatoms. The lowest BCUT2D eigenvalue weighted by atomic mass is 9.98. The van der Waals surface area contributed by atoms with Crippen LogP contribution in [0.25, 0.3) is 10.9 Å². The van der Waals surface area contributed by atoms with Gasteiger partial charge in [0.05, 0.1) is 11.1 Å². The van der Waals surface area contributed by atoms with Crippen molar-refractivity contribution in [1.29, 1.82) is 0 Å². The number of carboxylic acid groups (broad SMARTS) is 1. The first-order valence-electron chi connectivity index (χ1n) is 5.78. The minimum atomic E-state index is -1.04. The summed E-state index contributed by atoms with van der Waals surface area (Å²) in [6.45, 7) is 5.37. The molecule has 94 valence electrons. The number of aryl methyl sites for hydroxylation is 2. The lowest BCUT2D eigenvalue weighted by molar-refractivity contribution is 0.0698. The van der Waals surface area contributed by atoms with Gasteiger partial charge in [0.2, 0.25) is 0 Å². The van der Waals surface area contributed by atoms with Gasteiger partial charge in [-0.25, -0.2) is 9.18 Å². The van der Waals surface area contributed by atoms with Crippen molar-refractivity contribution in [3.8, 4) is 0 Å². The van der Waals surface area contributed by atoms with Crippen LogP contribution in [0.1, 0.15) is 34.1 Å². The Labute approximate surface area is 104 Å². The van der Waals surface area contributed by atoms with E-state index in [9.17, 15) is 14.3 Å². The third-order valence-electron chi connectivity index (χ3n) is 3.14. The predicted octanol–water partition coefficient (Wildman–Crippen LogP) is 3.25. The van der Waals surface area contributed by atoms with E-state index in [1.165, 1.54) is 12.1 Å². The van der Waals surface area contributed by atoms with Gasteiger partial charge in [0.15, 0.2) is 0 Å². The molecule has 0 amide bonds. The molecule has 0 aliphatic carbocycles. The van der Waals surface area contributed by atoms with Gasteiger partial charge >= 0.3 is 5.97 Å². The lowest BCUT2D eigenvalue weighted by Gasteiger charge is -2.12. The second kappa shape index (κ2) is 4.37. The largest absolute Gasteiger partial charge is 0.478 e. The van der Waals surface area contributed by atoms with Crippen molar-refractivity contribution in [3.63, 3.8) is 0 Å². The first kappa shape index (κ1) is 12.5. The number of hydrogen-bond acceptors (Lipinski definition) is 2. The van der Waals surface area contributed by atoms with Gasteiger partial charge in [0.25, 0.3) is 0 Å². The van der Waals surface area contributed by atoms with Crippen LogP contribution in [0, 0.1) is 19.7 Å². The number of nitrogens with zero attached hydrogens (tertiary/aromatic N) is 1.